The molecular weight excluding hydrogens is 346 g/mol. The van der Waals surface area contributed by atoms with E-state index in [1.807, 2.05) is 30.3 Å². The maximum Gasteiger partial charge on any atom is 0.311 e. The summed E-state index contributed by atoms with van der Waals surface area (Å²) < 4.78 is 11.5. The van der Waals surface area contributed by atoms with Gasteiger partial charge in [-0.05, 0) is 18.4 Å². The number of aliphatic carboxylic acids is 1. The van der Waals surface area contributed by atoms with Gasteiger partial charge in [0.25, 0.3) is 5.91 Å². The molecule has 0 spiro atoms. The number of hydrogen-bond acceptors (Lipinski definition) is 4. The fourth-order valence-corrected chi connectivity index (χ4v) is 4.04. The van der Waals surface area contributed by atoms with Gasteiger partial charge in [0.15, 0.2) is 5.60 Å². The highest BCUT2D eigenvalue weighted by molar-refractivity contribution is 5.86. The van der Waals surface area contributed by atoms with Gasteiger partial charge in [-0.3, -0.25) is 9.59 Å². The maximum absolute atomic E-state index is 13.1. The average Bonchev–Trinajstić information content (AvgIpc) is 2.72. The Bertz CT molecular complexity index is 633. The molecule has 0 atom stereocenters. The summed E-state index contributed by atoms with van der Waals surface area (Å²) in [5.41, 5.74) is -0.798. The smallest absolute Gasteiger partial charge is 0.311 e. The van der Waals surface area contributed by atoms with E-state index in [4.69, 9.17) is 9.47 Å². The van der Waals surface area contributed by atoms with Crippen molar-refractivity contribution in [1.82, 2.24) is 5.32 Å². The molecule has 1 amide bonds. The molecule has 1 aromatic carbocycles. The first kappa shape index (κ1) is 19.8. The molecule has 148 valence electrons. The Balaban J connectivity index is 1.66. The lowest BCUT2D eigenvalue weighted by Crippen LogP contribution is -2.55. The van der Waals surface area contributed by atoms with Crippen molar-refractivity contribution in [3.8, 4) is 0 Å². The highest BCUT2D eigenvalue weighted by Crippen LogP contribution is 2.36. The molecule has 0 unspecified atom stereocenters. The molecule has 0 aromatic heterocycles. The Labute approximate surface area is 160 Å². The number of amides is 1. The predicted octanol–water partition coefficient (Wildman–Crippen LogP) is 2.90. The third-order valence-electron chi connectivity index (χ3n) is 5.92. The summed E-state index contributed by atoms with van der Waals surface area (Å²) in [6, 6.07) is 9.75. The highest BCUT2D eigenvalue weighted by Gasteiger charge is 2.44. The molecule has 0 bridgehead atoms. The monoisotopic (exact) mass is 375 g/mol. The Morgan fingerprint density at radius 1 is 1.04 bits per heavy atom. The summed E-state index contributed by atoms with van der Waals surface area (Å²) in [5.74, 6) is -1.03. The van der Waals surface area contributed by atoms with Crippen LogP contribution in [0, 0.1) is 5.41 Å². The number of hydrogen-bond donors (Lipinski definition) is 2. The maximum atomic E-state index is 13.1. The minimum absolute atomic E-state index is 0.165. The number of carboxylic acids is 1. The number of carbonyl (C=O) groups is 2. The molecule has 6 nitrogen and oxygen atoms in total. The van der Waals surface area contributed by atoms with E-state index in [1.54, 1.807) is 0 Å². The number of benzene rings is 1. The van der Waals surface area contributed by atoms with Crippen molar-refractivity contribution < 1.29 is 24.2 Å². The highest BCUT2D eigenvalue weighted by atomic mass is 16.5. The van der Waals surface area contributed by atoms with E-state index in [0.717, 1.165) is 24.8 Å². The lowest BCUT2D eigenvalue weighted by Gasteiger charge is -2.38. The van der Waals surface area contributed by atoms with Gasteiger partial charge in [-0.2, -0.15) is 0 Å². The van der Waals surface area contributed by atoms with Gasteiger partial charge in [0.05, 0.1) is 12.0 Å². The molecule has 2 N–H and O–H groups in total. The first-order valence-electron chi connectivity index (χ1n) is 9.84. The van der Waals surface area contributed by atoms with E-state index in [1.165, 1.54) is 0 Å². The Morgan fingerprint density at radius 2 is 1.70 bits per heavy atom. The molecule has 1 aromatic rings. The normalized spacial score (nSPS) is 21.3. The van der Waals surface area contributed by atoms with Crippen molar-refractivity contribution in [2.24, 2.45) is 5.41 Å². The first-order valence-corrected chi connectivity index (χ1v) is 9.84. The van der Waals surface area contributed by atoms with Crippen LogP contribution in [0.4, 0.5) is 0 Å². The molecule has 1 aliphatic heterocycles. The average molecular weight is 375 g/mol. The summed E-state index contributed by atoms with van der Waals surface area (Å²) in [7, 11) is 0. The summed E-state index contributed by atoms with van der Waals surface area (Å²) in [4.78, 5) is 24.9. The molecule has 2 fully saturated rings. The summed E-state index contributed by atoms with van der Waals surface area (Å²) in [5, 5.41) is 12.6. The zero-order valence-corrected chi connectivity index (χ0v) is 15.7. The number of carbonyl (C=O) groups excluding carboxylic acids is 1. The minimum Gasteiger partial charge on any atom is -0.481 e. The minimum atomic E-state index is -0.956. The van der Waals surface area contributed by atoms with Gasteiger partial charge in [0.2, 0.25) is 0 Å². The largest absolute Gasteiger partial charge is 0.481 e. The zero-order valence-electron chi connectivity index (χ0n) is 15.7. The molecular formula is C21H29NO5. The Hall–Kier alpha value is -1.92. The van der Waals surface area contributed by atoms with Gasteiger partial charge < -0.3 is 19.9 Å². The molecule has 1 saturated heterocycles. The second-order valence-electron chi connectivity index (χ2n) is 7.71. The van der Waals surface area contributed by atoms with E-state index in [-0.39, 0.29) is 12.5 Å². The molecule has 1 aliphatic carbocycles. The molecule has 3 rings (SSSR count). The van der Waals surface area contributed by atoms with Crippen LogP contribution in [0.25, 0.3) is 0 Å². The molecule has 6 heteroatoms. The lowest BCUT2D eigenvalue weighted by atomic mass is 9.74. The molecule has 0 radical (unpaired) electrons. The number of rotatable bonds is 7. The number of carboxylic acid groups (broad SMARTS) is 1. The Kier molecular flexibility index (Phi) is 6.50. The van der Waals surface area contributed by atoms with Crippen LogP contribution in [0.1, 0.15) is 50.5 Å². The summed E-state index contributed by atoms with van der Waals surface area (Å²) >= 11 is 0. The van der Waals surface area contributed by atoms with Crippen molar-refractivity contribution in [2.45, 2.75) is 57.2 Å². The molecule has 1 saturated carbocycles. The van der Waals surface area contributed by atoms with Crippen molar-refractivity contribution in [2.75, 3.05) is 19.8 Å². The van der Waals surface area contributed by atoms with Crippen molar-refractivity contribution in [3.05, 3.63) is 35.9 Å². The van der Waals surface area contributed by atoms with Crippen LogP contribution in [0.15, 0.2) is 30.3 Å². The van der Waals surface area contributed by atoms with Gasteiger partial charge in [0, 0.05) is 32.6 Å². The fraction of sp³-hybridized carbons (Fsp3) is 0.619. The van der Waals surface area contributed by atoms with Gasteiger partial charge in [0.1, 0.15) is 0 Å². The lowest BCUT2D eigenvalue weighted by molar-refractivity contribution is -0.165. The van der Waals surface area contributed by atoms with E-state index < -0.39 is 17.0 Å². The van der Waals surface area contributed by atoms with Crippen LogP contribution in [0.5, 0.6) is 0 Å². The van der Waals surface area contributed by atoms with Crippen molar-refractivity contribution in [3.63, 3.8) is 0 Å². The summed E-state index contributed by atoms with van der Waals surface area (Å²) in [6.07, 6.45) is 5.03. The van der Waals surface area contributed by atoms with Crippen LogP contribution < -0.4 is 5.32 Å². The first-order chi connectivity index (χ1) is 13.1. The van der Waals surface area contributed by atoms with Crippen LogP contribution in [-0.2, 0) is 25.7 Å². The standard InChI is InChI=1S/C21H29NO5/c23-18(22-16-20(19(24)25)9-5-2-6-10-20)21(11-13-26-14-12-21)27-15-17-7-3-1-4-8-17/h1,3-4,7-8H,2,5-6,9-16H2,(H,22,23)(H,24,25). The molecule has 1 heterocycles. The topological polar surface area (TPSA) is 84.9 Å². The number of nitrogens with one attached hydrogen (secondary N) is 1. The van der Waals surface area contributed by atoms with Gasteiger partial charge in [-0.25, -0.2) is 0 Å². The summed E-state index contributed by atoms with van der Waals surface area (Å²) in [6.45, 7) is 1.44. The van der Waals surface area contributed by atoms with Gasteiger partial charge >= 0.3 is 5.97 Å². The van der Waals surface area contributed by atoms with Crippen LogP contribution in [0.2, 0.25) is 0 Å². The van der Waals surface area contributed by atoms with Crippen molar-refractivity contribution >= 4 is 11.9 Å². The van der Waals surface area contributed by atoms with E-state index in [9.17, 15) is 14.7 Å². The second-order valence-corrected chi connectivity index (χ2v) is 7.71. The predicted molar refractivity (Wildman–Crippen MR) is 100 cm³/mol. The van der Waals surface area contributed by atoms with Gasteiger partial charge in [-0.15, -0.1) is 0 Å². The van der Waals surface area contributed by atoms with Crippen molar-refractivity contribution in [1.29, 1.82) is 0 Å². The van der Waals surface area contributed by atoms with Gasteiger partial charge in [-0.1, -0.05) is 49.6 Å². The second kappa shape index (κ2) is 8.85. The van der Waals surface area contributed by atoms with E-state index in [2.05, 4.69) is 5.32 Å². The van der Waals surface area contributed by atoms with Crippen LogP contribution in [-0.4, -0.2) is 42.3 Å². The SMILES string of the molecule is O=C(O)C1(CNC(=O)C2(OCc3ccccc3)CCOCC2)CCCCC1. The van der Waals surface area contributed by atoms with E-state index >= 15 is 0 Å². The van der Waals surface area contributed by atoms with E-state index in [0.29, 0.717) is 45.5 Å². The molecule has 2 aliphatic rings. The Morgan fingerprint density at radius 3 is 2.33 bits per heavy atom. The third kappa shape index (κ3) is 4.68. The zero-order chi connectivity index (χ0) is 19.2. The quantitative estimate of drug-likeness (QED) is 0.765. The number of ether oxygens (including phenoxy) is 2. The molecule has 27 heavy (non-hydrogen) atoms. The third-order valence-corrected chi connectivity index (χ3v) is 5.92. The van der Waals surface area contributed by atoms with Crippen LogP contribution >= 0.6 is 0 Å². The van der Waals surface area contributed by atoms with Crippen LogP contribution in [0.3, 0.4) is 0 Å². The fourth-order valence-electron chi connectivity index (χ4n) is 4.04.